The molecule has 2 atom stereocenters. The van der Waals surface area contributed by atoms with Gasteiger partial charge < -0.3 is 5.32 Å². The maximum Gasteiger partial charge on any atom is 0.117 e. The van der Waals surface area contributed by atoms with Crippen molar-refractivity contribution in [3.05, 3.63) is 36.0 Å². The maximum absolute atomic E-state index is 11.1. The zero-order chi connectivity index (χ0) is 13.7. The molecule has 0 spiro atoms. The Morgan fingerprint density at radius 3 is 2.74 bits per heavy atom. The predicted octanol–water partition coefficient (Wildman–Crippen LogP) is 1.33. The smallest absolute Gasteiger partial charge is 0.117 e. The third kappa shape index (κ3) is 3.97. The van der Waals surface area contributed by atoms with Crippen LogP contribution in [0.2, 0.25) is 0 Å². The third-order valence-corrected chi connectivity index (χ3v) is 3.74. The molecule has 2 aromatic rings. The Balaban J connectivity index is 2.03. The summed E-state index contributed by atoms with van der Waals surface area (Å²) < 4.78 is 11.1. The van der Waals surface area contributed by atoms with Gasteiger partial charge >= 0.3 is 0 Å². The molecule has 19 heavy (non-hydrogen) atoms. The fraction of sp³-hybridized carbons (Fsp3) is 0.385. The lowest BCUT2D eigenvalue weighted by Gasteiger charge is -2.11. The summed E-state index contributed by atoms with van der Waals surface area (Å²) in [5, 5.41) is 14.3. The second kappa shape index (κ2) is 6.58. The topological polar surface area (TPSA) is 70.7 Å². The van der Waals surface area contributed by atoms with Crippen LogP contribution in [0.5, 0.6) is 0 Å². The van der Waals surface area contributed by atoms with E-state index >= 15 is 0 Å². The minimum Gasteiger partial charge on any atom is -0.308 e. The molecule has 0 saturated heterocycles. The first-order valence-electron chi connectivity index (χ1n) is 6.15. The van der Waals surface area contributed by atoms with Gasteiger partial charge in [0.2, 0.25) is 0 Å². The van der Waals surface area contributed by atoms with E-state index in [-0.39, 0.29) is 6.04 Å². The number of rotatable bonds is 6. The van der Waals surface area contributed by atoms with Gasteiger partial charge in [-0.05, 0) is 6.92 Å². The standard InChI is InChI=1S/C13H18N4OS/c1-10(9-19(2)18)14-8-12-13(16-17-15-12)11-6-4-3-5-7-11/h3-7,10,14H,8-9H2,1-2H3,(H,15,16,17). The Hall–Kier alpha value is -1.53. The van der Waals surface area contributed by atoms with Crippen molar-refractivity contribution in [2.75, 3.05) is 12.0 Å². The zero-order valence-electron chi connectivity index (χ0n) is 11.1. The molecule has 2 unspecified atom stereocenters. The highest BCUT2D eigenvalue weighted by atomic mass is 32.2. The lowest BCUT2D eigenvalue weighted by molar-refractivity contribution is 0.580. The van der Waals surface area contributed by atoms with Crippen LogP contribution in [-0.2, 0) is 17.3 Å². The van der Waals surface area contributed by atoms with Gasteiger partial charge in [0.25, 0.3) is 0 Å². The highest BCUT2D eigenvalue weighted by Gasteiger charge is 2.11. The van der Waals surface area contributed by atoms with E-state index in [1.165, 1.54) is 0 Å². The number of aromatic nitrogens is 3. The van der Waals surface area contributed by atoms with E-state index < -0.39 is 10.8 Å². The number of hydrogen-bond acceptors (Lipinski definition) is 4. The molecule has 0 bridgehead atoms. The van der Waals surface area contributed by atoms with Gasteiger partial charge in [0.05, 0.1) is 0 Å². The number of aromatic amines is 1. The summed E-state index contributed by atoms with van der Waals surface area (Å²) in [7, 11) is -0.792. The van der Waals surface area contributed by atoms with Crippen molar-refractivity contribution in [1.29, 1.82) is 0 Å². The van der Waals surface area contributed by atoms with Gasteiger partial charge in [-0.3, -0.25) is 4.21 Å². The van der Waals surface area contributed by atoms with Gasteiger partial charge in [0, 0.05) is 41.0 Å². The van der Waals surface area contributed by atoms with E-state index in [0.29, 0.717) is 12.3 Å². The number of hydrogen-bond donors (Lipinski definition) is 2. The lowest BCUT2D eigenvalue weighted by atomic mass is 10.1. The number of nitrogens with one attached hydrogen (secondary N) is 2. The van der Waals surface area contributed by atoms with E-state index in [2.05, 4.69) is 20.7 Å². The second-order valence-electron chi connectivity index (χ2n) is 4.51. The van der Waals surface area contributed by atoms with Crippen molar-refractivity contribution >= 4 is 10.8 Å². The van der Waals surface area contributed by atoms with Crippen molar-refractivity contribution in [3.8, 4) is 11.3 Å². The van der Waals surface area contributed by atoms with Crippen LogP contribution in [0.3, 0.4) is 0 Å². The molecule has 2 rings (SSSR count). The predicted molar refractivity (Wildman–Crippen MR) is 77.1 cm³/mol. The van der Waals surface area contributed by atoms with Crippen LogP contribution >= 0.6 is 0 Å². The Bertz CT molecular complexity index is 541. The number of H-pyrrole nitrogens is 1. The Labute approximate surface area is 115 Å². The molecule has 1 heterocycles. The second-order valence-corrected chi connectivity index (χ2v) is 5.99. The molecule has 6 heteroatoms. The van der Waals surface area contributed by atoms with Gasteiger partial charge in [-0.25, -0.2) is 0 Å². The molecule has 0 aliphatic carbocycles. The van der Waals surface area contributed by atoms with E-state index in [4.69, 9.17) is 0 Å². The fourth-order valence-electron chi connectivity index (χ4n) is 1.89. The molecule has 0 fully saturated rings. The van der Waals surface area contributed by atoms with Crippen molar-refractivity contribution in [1.82, 2.24) is 20.7 Å². The van der Waals surface area contributed by atoms with Crippen molar-refractivity contribution in [2.45, 2.75) is 19.5 Å². The summed E-state index contributed by atoms with van der Waals surface area (Å²) in [4.78, 5) is 0. The zero-order valence-corrected chi connectivity index (χ0v) is 11.9. The van der Waals surface area contributed by atoms with Gasteiger partial charge in [-0.1, -0.05) is 30.3 Å². The van der Waals surface area contributed by atoms with Crippen molar-refractivity contribution in [2.24, 2.45) is 0 Å². The molecule has 0 radical (unpaired) electrons. The van der Waals surface area contributed by atoms with E-state index in [1.807, 2.05) is 37.3 Å². The molecule has 2 N–H and O–H groups in total. The first kappa shape index (κ1) is 13.9. The average molecular weight is 278 g/mol. The molecule has 0 aliphatic heterocycles. The Morgan fingerprint density at radius 1 is 1.32 bits per heavy atom. The van der Waals surface area contributed by atoms with Crippen LogP contribution in [0.15, 0.2) is 30.3 Å². The van der Waals surface area contributed by atoms with E-state index in [0.717, 1.165) is 17.0 Å². The summed E-state index contributed by atoms with van der Waals surface area (Å²) in [6, 6.07) is 10.1. The SMILES string of the molecule is CC(CS(C)=O)NCc1n[nH]nc1-c1ccccc1. The maximum atomic E-state index is 11.1. The fourth-order valence-corrected chi connectivity index (χ4v) is 2.71. The molecule has 0 aliphatic rings. The first-order chi connectivity index (χ1) is 9.16. The third-order valence-electron chi connectivity index (χ3n) is 2.77. The Morgan fingerprint density at radius 2 is 2.05 bits per heavy atom. The normalized spacial score (nSPS) is 14.2. The minimum atomic E-state index is -0.792. The van der Waals surface area contributed by atoms with Gasteiger partial charge in [-0.15, -0.1) is 0 Å². The quantitative estimate of drug-likeness (QED) is 0.836. The van der Waals surface area contributed by atoms with Crippen LogP contribution in [0.4, 0.5) is 0 Å². The minimum absolute atomic E-state index is 0.186. The summed E-state index contributed by atoms with van der Waals surface area (Å²) >= 11 is 0. The average Bonchev–Trinajstić information content (AvgIpc) is 2.85. The van der Waals surface area contributed by atoms with Gasteiger partial charge in [0.1, 0.15) is 11.4 Å². The van der Waals surface area contributed by atoms with E-state index in [9.17, 15) is 4.21 Å². The highest BCUT2D eigenvalue weighted by molar-refractivity contribution is 7.84. The molecular weight excluding hydrogens is 260 g/mol. The largest absolute Gasteiger partial charge is 0.308 e. The van der Waals surface area contributed by atoms with Crippen molar-refractivity contribution in [3.63, 3.8) is 0 Å². The lowest BCUT2D eigenvalue weighted by Crippen LogP contribution is -2.30. The molecular formula is C13H18N4OS. The van der Waals surface area contributed by atoms with Crippen LogP contribution in [0, 0.1) is 0 Å². The van der Waals surface area contributed by atoms with Crippen LogP contribution in [0.1, 0.15) is 12.6 Å². The van der Waals surface area contributed by atoms with Crippen LogP contribution in [-0.4, -0.2) is 37.7 Å². The van der Waals surface area contributed by atoms with Crippen molar-refractivity contribution < 1.29 is 4.21 Å². The van der Waals surface area contributed by atoms with Crippen LogP contribution in [0.25, 0.3) is 11.3 Å². The summed E-state index contributed by atoms with van der Waals surface area (Å²) in [5.74, 6) is 0.637. The van der Waals surface area contributed by atoms with E-state index in [1.54, 1.807) is 6.26 Å². The van der Waals surface area contributed by atoms with Gasteiger partial charge in [-0.2, -0.15) is 15.4 Å². The number of benzene rings is 1. The summed E-state index contributed by atoms with van der Waals surface area (Å²) in [5.41, 5.74) is 2.78. The van der Waals surface area contributed by atoms with Gasteiger partial charge in [0.15, 0.2) is 0 Å². The molecule has 0 saturated carbocycles. The summed E-state index contributed by atoms with van der Waals surface area (Å²) in [6.45, 7) is 2.63. The monoisotopic (exact) mass is 278 g/mol. The molecule has 5 nitrogen and oxygen atoms in total. The molecule has 102 valence electrons. The molecule has 1 aromatic heterocycles. The molecule has 1 aromatic carbocycles. The number of nitrogens with zero attached hydrogens (tertiary/aromatic N) is 2. The summed E-state index contributed by atoms with van der Waals surface area (Å²) in [6.07, 6.45) is 1.71. The first-order valence-corrected chi connectivity index (χ1v) is 7.88. The van der Waals surface area contributed by atoms with Crippen LogP contribution < -0.4 is 5.32 Å². The Kier molecular flexibility index (Phi) is 4.81. The molecule has 0 amide bonds. The highest BCUT2D eigenvalue weighted by Crippen LogP contribution is 2.18.